The number of hydrogen-bond acceptors (Lipinski definition) is 6. The number of hydrogen-bond donors (Lipinski definition) is 1. The second-order valence-electron chi connectivity index (χ2n) is 8.04. The van der Waals surface area contributed by atoms with Crippen molar-refractivity contribution in [3.8, 4) is 17.7 Å². The van der Waals surface area contributed by atoms with Gasteiger partial charge in [0.25, 0.3) is 0 Å². The fourth-order valence-corrected chi connectivity index (χ4v) is 4.48. The van der Waals surface area contributed by atoms with Crippen molar-refractivity contribution >= 4 is 17.3 Å². The Kier molecular flexibility index (Phi) is 5.55. The number of nitrogens with zero attached hydrogens (tertiary/aromatic N) is 3. The summed E-state index contributed by atoms with van der Waals surface area (Å²) in [4.78, 5) is 18.9. The van der Waals surface area contributed by atoms with Gasteiger partial charge in [0.05, 0.1) is 30.1 Å². The van der Waals surface area contributed by atoms with Gasteiger partial charge in [-0.15, -0.1) is 0 Å². The quantitative estimate of drug-likeness (QED) is 0.786. The summed E-state index contributed by atoms with van der Waals surface area (Å²) >= 11 is 0. The van der Waals surface area contributed by atoms with Crippen LogP contribution in [0.15, 0.2) is 35.7 Å². The van der Waals surface area contributed by atoms with Crippen LogP contribution in [0.2, 0.25) is 0 Å². The van der Waals surface area contributed by atoms with Crippen LogP contribution in [-0.2, 0) is 11.2 Å². The highest BCUT2D eigenvalue weighted by Gasteiger charge is 2.33. The van der Waals surface area contributed by atoms with Gasteiger partial charge in [0, 0.05) is 35.5 Å². The highest BCUT2D eigenvalue weighted by molar-refractivity contribution is 5.97. The molecule has 0 atom stereocenters. The lowest BCUT2D eigenvalue weighted by Gasteiger charge is -2.36. The van der Waals surface area contributed by atoms with Gasteiger partial charge in [0.1, 0.15) is 11.9 Å². The molecular formula is C24H26N4O3. The number of anilines is 2. The summed E-state index contributed by atoms with van der Waals surface area (Å²) in [7, 11) is 1.56. The van der Waals surface area contributed by atoms with Crippen molar-refractivity contribution in [3.63, 3.8) is 0 Å². The first-order valence-electron chi connectivity index (χ1n) is 10.5. The molecule has 1 aromatic carbocycles. The van der Waals surface area contributed by atoms with E-state index in [1.165, 1.54) is 0 Å². The Bertz CT molecular complexity index is 1110. The number of carbonyl (C=O) groups is 1. The number of methoxy groups -OCH3 is 1. The van der Waals surface area contributed by atoms with Crippen LogP contribution in [0.3, 0.4) is 0 Å². The molecule has 0 saturated heterocycles. The average molecular weight is 418 g/mol. The third kappa shape index (κ3) is 3.70. The number of aryl methyl sites for hydroxylation is 1. The Morgan fingerprint density at radius 2 is 2.03 bits per heavy atom. The summed E-state index contributed by atoms with van der Waals surface area (Å²) in [6, 6.07) is 7.38. The number of nitriles is 1. The molecule has 1 amide bonds. The zero-order valence-electron chi connectivity index (χ0n) is 18.1. The Labute approximate surface area is 182 Å². The maximum atomic E-state index is 12.3. The van der Waals surface area contributed by atoms with E-state index in [1.807, 2.05) is 24.8 Å². The molecule has 0 bridgehead atoms. The van der Waals surface area contributed by atoms with Crippen LogP contribution < -0.4 is 20.1 Å². The summed E-state index contributed by atoms with van der Waals surface area (Å²) in [5.74, 6) is 0.606. The van der Waals surface area contributed by atoms with Crippen molar-refractivity contribution in [1.29, 1.82) is 5.26 Å². The molecule has 4 rings (SSSR count). The predicted molar refractivity (Wildman–Crippen MR) is 117 cm³/mol. The minimum atomic E-state index is -0.478. The van der Waals surface area contributed by atoms with Crippen LogP contribution in [0.25, 0.3) is 0 Å². The van der Waals surface area contributed by atoms with Crippen molar-refractivity contribution in [2.24, 2.45) is 5.73 Å². The van der Waals surface area contributed by atoms with Crippen LogP contribution in [0.1, 0.15) is 49.3 Å². The molecule has 2 aliphatic rings. The lowest BCUT2D eigenvalue weighted by atomic mass is 9.93. The number of amides is 1. The molecule has 2 N–H and O–H groups in total. The van der Waals surface area contributed by atoms with E-state index in [-0.39, 0.29) is 6.10 Å². The smallest absolute Gasteiger partial charge is 0.246 e. The Balaban J connectivity index is 1.92. The monoisotopic (exact) mass is 418 g/mol. The summed E-state index contributed by atoms with van der Waals surface area (Å²) in [6.07, 6.45) is 6.62. The van der Waals surface area contributed by atoms with E-state index in [0.717, 1.165) is 53.9 Å². The zero-order chi connectivity index (χ0) is 22.1. The van der Waals surface area contributed by atoms with Gasteiger partial charge in [-0.2, -0.15) is 5.26 Å². The fourth-order valence-electron chi connectivity index (χ4n) is 4.48. The predicted octanol–water partition coefficient (Wildman–Crippen LogP) is 4.05. The van der Waals surface area contributed by atoms with Crippen molar-refractivity contribution in [1.82, 2.24) is 4.98 Å². The molecule has 1 saturated carbocycles. The highest BCUT2D eigenvalue weighted by Crippen LogP contribution is 2.47. The van der Waals surface area contributed by atoms with Gasteiger partial charge in [-0.25, -0.2) is 4.98 Å². The molecular weight excluding hydrogens is 392 g/mol. The van der Waals surface area contributed by atoms with Gasteiger partial charge >= 0.3 is 0 Å². The minimum Gasteiger partial charge on any atom is -0.495 e. The second-order valence-corrected chi connectivity index (χ2v) is 8.04. The van der Waals surface area contributed by atoms with E-state index in [0.29, 0.717) is 29.2 Å². The Morgan fingerprint density at radius 3 is 2.68 bits per heavy atom. The number of benzene rings is 1. The van der Waals surface area contributed by atoms with Crippen molar-refractivity contribution in [2.75, 3.05) is 12.0 Å². The summed E-state index contributed by atoms with van der Waals surface area (Å²) in [6.45, 7) is 3.86. The van der Waals surface area contributed by atoms with Crippen LogP contribution in [0, 0.1) is 18.3 Å². The summed E-state index contributed by atoms with van der Waals surface area (Å²) < 4.78 is 11.9. The van der Waals surface area contributed by atoms with Crippen LogP contribution in [-0.4, -0.2) is 24.1 Å². The summed E-state index contributed by atoms with van der Waals surface area (Å²) in [5.41, 5.74) is 10.9. The average Bonchev–Trinajstić information content (AvgIpc) is 3.28. The highest BCUT2D eigenvalue weighted by atomic mass is 16.5. The maximum Gasteiger partial charge on any atom is 0.246 e. The molecule has 1 aliphatic carbocycles. The number of carbonyl (C=O) groups excluding carboxylic acids is 1. The molecule has 1 aromatic heterocycles. The van der Waals surface area contributed by atoms with Gasteiger partial charge in [-0.3, -0.25) is 4.79 Å². The molecule has 0 spiro atoms. The SMILES string of the molecule is COc1cc(C#N)ccc1N1C(C)=C(C(N)=O)Cc2c(OC3CCCC3)ncc(C)c21. The molecule has 31 heavy (non-hydrogen) atoms. The number of fused-ring (bicyclic) bond motifs is 1. The van der Waals surface area contributed by atoms with E-state index >= 15 is 0 Å². The topological polar surface area (TPSA) is 101 Å². The van der Waals surface area contributed by atoms with E-state index in [1.54, 1.807) is 25.4 Å². The first-order chi connectivity index (χ1) is 14.9. The normalized spacial score (nSPS) is 16.1. The van der Waals surface area contributed by atoms with E-state index in [9.17, 15) is 10.1 Å². The zero-order valence-corrected chi connectivity index (χ0v) is 18.1. The van der Waals surface area contributed by atoms with Gasteiger partial charge in [-0.05, 0) is 57.2 Å². The van der Waals surface area contributed by atoms with Gasteiger partial charge in [-0.1, -0.05) is 0 Å². The first-order valence-corrected chi connectivity index (χ1v) is 10.5. The van der Waals surface area contributed by atoms with E-state index < -0.39 is 5.91 Å². The molecule has 2 aromatic rings. The Hall–Kier alpha value is -3.53. The largest absolute Gasteiger partial charge is 0.495 e. The van der Waals surface area contributed by atoms with Gasteiger partial charge < -0.3 is 20.1 Å². The molecule has 7 heteroatoms. The van der Waals surface area contributed by atoms with E-state index in [2.05, 4.69) is 11.1 Å². The number of allylic oxidation sites excluding steroid dienone is 1. The van der Waals surface area contributed by atoms with Crippen LogP contribution >= 0.6 is 0 Å². The Morgan fingerprint density at radius 1 is 1.29 bits per heavy atom. The number of pyridine rings is 1. The summed E-state index contributed by atoms with van der Waals surface area (Å²) in [5, 5.41) is 9.29. The molecule has 7 nitrogen and oxygen atoms in total. The first kappa shape index (κ1) is 20.7. The molecule has 0 unspecified atom stereocenters. The molecule has 0 radical (unpaired) electrons. The maximum absolute atomic E-state index is 12.3. The number of rotatable bonds is 5. The van der Waals surface area contributed by atoms with Crippen molar-refractivity contribution in [2.45, 2.75) is 52.1 Å². The number of nitrogens with two attached hydrogens (primary N) is 1. The van der Waals surface area contributed by atoms with Crippen LogP contribution in [0.5, 0.6) is 11.6 Å². The van der Waals surface area contributed by atoms with Crippen molar-refractivity contribution in [3.05, 3.63) is 52.4 Å². The number of aromatic nitrogens is 1. The second kappa shape index (κ2) is 8.31. The van der Waals surface area contributed by atoms with Gasteiger partial charge in [0.15, 0.2) is 0 Å². The minimum absolute atomic E-state index is 0.140. The molecule has 2 heterocycles. The number of primary amides is 1. The number of ether oxygens (including phenoxy) is 2. The van der Waals surface area contributed by atoms with Crippen LogP contribution in [0.4, 0.5) is 11.4 Å². The third-order valence-corrected chi connectivity index (χ3v) is 6.07. The third-order valence-electron chi connectivity index (χ3n) is 6.07. The standard InChI is InChI=1S/C24H26N4O3/c1-14-13-27-24(31-17-6-4-5-7-17)19-11-18(23(26)29)15(2)28(22(14)19)20-9-8-16(12-25)10-21(20)30-3/h8-10,13,17H,4-7,11H2,1-3H3,(H2,26,29). The molecule has 1 aliphatic heterocycles. The lowest BCUT2D eigenvalue weighted by Crippen LogP contribution is -2.30. The van der Waals surface area contributed by atoms with Crippen molar-refractivity contribution < 1.29 is 14.3 Å². The van der Waals surface area contributed by atoms with Gasteiger partial charge in [0.2, 0.25) is 11.8 Å². The van der Waals surface area contributed by atoms with E-state index in [4.69, 9.17) is 15.2 Å². The fraction of sp³-hybridized carbons (Fsp3) is 0.375. The molecule has 1 fully saturated rings. The lowest BCUT2D eigenvalue weighted by molar-refractivity contribution is -0.114. The molecule has 160 valence electrons.